The maximum atomic E-state index is 13.1. The van der Waals surface area contributed by atoms with Crippen LogP contribution in [0.25, 0.3) is 0 Å². The fourth-order valence-corrected chi connectivity index (χ4v) is 2.83. The Hall–Kier alpha value is -1.60. The van der Waals surface area contributed by atoms with Crippen molar-refractivity contribution in [3.63, 3.8) is 0 Å². The Labute approximate surface area is 120 Å². The molecule has 0 amide bonds. The van der Waals surface area contributed by atoms with E-state index >= 15 is 0 Å². The summed E-state index contributed by atoms with van der Waals surface area (Å²) in [5, 5.41) is 12.3. The lowest BCUT2D eigenvalue weighted by atomic mass is 10.1. The van der Waals surface area contributed by atoms with Crippen LogP contribution in [-0.4, -0.2) is 30.6 Å². The van der Waals surface area contributed by atoms with Gasteiger partial charge in [0, 0.05) is 19.1 Å². The first-order valence-electron chi connectivity index (χ1n) is 7.27. The molecule has 1 aromatic carbocycles. The van der Waals surface area contributed by atoms with Crippen molar-refractivity contribution in [2.75, 3.05) is 25.0 Å². The minimum absolute atomic E-state index is 0.366. The van der Waals surface area contributed by atoms with Crippen molar-refractivity contribution in [1.29, 1.82) is 5.26 Å². The van der Waals surface area contributed by atoms with Crippen LogP contribution in [0.2, 0.25) is 0 Å². The highest BCUT2D eigenvalue weighted by atomic mass is 19.1. The topological polar surface area (TPSA) is 39.1 Å². The summed E-state index contributed by atoms with van der Waals surface area (Å²) in [4.78, 5) is 2.51. The van der Waals surface area contributed by atoms with Gasteiger partial charge in [-0.3, -0.25) is 4.90 Å². The predicted molar refractivity (Wildman–Crippen MR) is 79.0 cm³/mol. The van der Waals surface area contributed by atoms with Crippen LogP contribution >= 0.6 is 0 Å². The Balaban J connectivity index is 1.96. The Bertz CT molecular complexity index is 493. The highest BCUT2D eigenvalue weighted by Crippen LogP contribution is 2.21. The first-order chi connectivity index (χ1) is 9.60. The molecule has 0 spiro atoms. The average Bonchev–Trinajstić information content (AvgIpc) is 2.83. The van der Waals surface area contributed by atoms with Gasteiger partial charge in [0.15, 0.2) is 0 Å². The van der Waals surface area contributed by atoms with Gasteiger partial charge in [0.2, 0.25) is 0 Å². The molecule has 1 fully saturated rings. The number of halogens is 1. The lowest BCUT2D eigenvalue weighted by Crippen LogP contribution is -2.37. The summed E-state index contributed by atoms with van der Waals surface area (Å²) < 4.78 is 13.1. The van der Waals surface area contributed by atoms with Gasteiger partial charge >= 0.3 is 0 Å². The first-order valence-corrected chi connectivity index (χ1v) is 7.27. The quantitative estimate of drug-likeness (QED) is 0.896. The molecular weight excluding hydrogens is 253 g/mol. The molecular formula is C16H22FN3. The van der Waals surface area contributed by atoms with E-state index in [0.29, 0.717) is 17.5 Å². The zero-order valence-electron chi connectivity index (χ0n) is 12.2. The van der Waals surface area contributed by atoms with E-state index in [-0.39, 0.29) is 5.82 Å². The Morgan fingerprint density at radius 2 is 2.30 bits per heavy atom. The van der Waals surface area contributed by atoms with Gasteiger partial charge in [-0.1, -0.05) is 13.8 Å². The highest BCUT2D eigenvalue weighted by Gasteiger charge is 2.24. The second kappa shape index (κ2) is 6.71. The summed E-state index contributed by atoms with van der Waals surface area (Å²) >= 11 is 0. The molecule has 1 N–H and O–H groups in total. The van der Waals surface area contributed by atoms with E-state index in [1.807, 2.05) is 6.07 Å². The van der Waals surface area contributed by atoms with Crippen molar-refractivity contribution in [2.45, 2.75) is 32.7 Å². The van der Waals surface area contributed by atoms with Gasteiger partial charge in [0.05, 0.1) is 11.3 Å². The van der Waals surface area contributed by atoms with E-state index < -0.39 is 0 Å². The van der Waals surface area contributed by atoms with Crippen molar-refractivity contribution in [1.82, 2.24) is 4.90 Å². The van der Waals surface area contributed by atoms with Crippen molar-refractivity contribution < 1.29 is 4.39 Å². The molecule has 1 saturated heterocycles. The van der Waals surface area contributed by atoms with E-state index in [9.17, 15) is 4.39 Å². The molecule has 108 valence electrons. The van der Waals surface area contributed by atoms with Gasteiger partial charge in [0.25, 0.3) is 0 Å². The third-order valence-electron chi connectivity index (χ3n) is 3.73. The summed E-state index contributed by atoms with van der Waals surface area (Å²) in [6.07, 6.45) is 2.41. The Morgan fingerprint density at radius 3 is 3.00 bits per heavy atom. The number of hydrogen-bond acceptors (Lipinski definition) is 3. The van der Waals surface area contributed by atoms with Crippen LogP contribution in [0.15, 0.2) is 18.2 Å². The van der Waals surface area contributed by atoms with Gasteiger partial charge in [-0.15, -0.1) is 0 Å². The second-order valence-corrected chi connectivity index (χ2v) is 5.87. The van der Waals surface area contributed by atoms with Crippen LogP contribution in [0.4, 0.5) is 10.1 Å². The number of likely N-dealkylation sites (tertiary alicyclic amines) is 1. The van der Waals surface area contributed by atoms with Gasteiger partial charge in [-0.2, -0.15) is 5.26 Å². The van der Waals surface area contributed by atoms with Gasteiger partial charge in [0.1, 0.15) is 11.9 Å². The van der Waals surface area contributed by atoms with E-state index in [0.717, 1.165) is 25.3 Å². The number of benzene rings is 1. The fraction of sp³-hybridized carbons (Fsp3) is 0.562. The molecule has 1 aliphatic rings. The Morgan fingerprint density at radius 1 is 1.50 bits per heavy atom. The lowest BCUT2D eigenvalue weighted by Gasteiger charge is -2.26. The molecule has 0 aromatic heterocycles. The molecule has 1 aliphatic heterocycles. The smallest absolute Gasteiger partial charge is 0.124 e. The summed E-state index contributed by atoms with van der Waals surface area (Å²) in [5.74, 6) is 0.297. The van der Waals surface area contributed by atoms with Crippen LogP contribution in [-0.2, 0) is 0 Å². The molecule has 0 radical (unpaired) electrons. The van der Waals surface area contributed by atoms with Crippen molar-refractivity contribution >= 4 is 5.69 Å². The number of nitrogens with one attached hydrogen (secondary N) is 1. The van der Waals surface area contributed by atoms with Crippen molar-refractivity contribution in [3.05, 3.63) is 29.6 Å². The molecule has 0 aliphatic carbocycles. The standard InChI is InChI=1S/C16H22FN3/c1-12(2)11-20-7-3-4-15(20)10-19-16-6-5-14(17)8-13(16)9-18/h5-6,8,12,15,19H,3-4,7,10-11H2,1-2H3/t15-/m1/s1. The van der Waals surface area contributed by atoms with Crippen LogP contribution in [0, 0.1) is 23.1 Å². The van der Waals surface area contributed by atoms with E-state index in [2.05, 4.69) is 24.1 Å². The predicted octanol–water partition coefficient (Wildman–Crippen LogP) is 3.23. The maximum Gasteiger partial charge on any atom is 0.124 e. The van der Waals surface area contributed by atoms with Crippen molar-refractivity contribution in [3.8, 4) is 6.07 Å². The zero-order valence-corrected chi connectivity index (χ0v) is 12.2. The molecule has 4 heteroatoms. The number of hydrogen-bond donors (Lipinski definition) is 1. The molecule has 1 aromatic rings. The minimum atomic E-state index is -0.366. The van der Waals surface area contributed by atoms with E-state index in [4.69, 9.17) is 5.26 Å². The van der Waals surface area contributed by atoms with Crippen LogP contribution < -0.4 is 5.32 Å². The number of rotatable bonds is 5. The molecule has 0 saturated carbocycles. The molecule has 0 unspecified atom stereocenters. The summed E-state index contributed by atoms with van der Waals surface area (Å²) in [7, 11) is 0. The monoisotopic (exact) mass is 275 g/mol. The largest absolute Gasteiger partial charge is 0.382 e. The molecule has 0 bridgehead atoms. The third-order valence-corrected chi connectivity index (χ3v) is 3.73. The molecule has 1 heterocycles. The van der Waals surface area contributed by atoms with E-state index in [1.165, 1.54) is 25.0 Å². The molecule has 3 nitrogen and oxygen atoms in total. The van der Waals surface area contributed by atoms with E-state index in [1.54, 1.807) is 6.07 Å². The summed E-state index contributed by atoms with van der Waals surface area (Å²) in [6.45, 7) is 7.54. The number of nitriles is 1. The molecule has 2 rings (SSSR count). The zero-order chi connectivity index (χ0) is 14.5. The van der Waals surface area contributed by atoms with Crippen molar-refractivity contribution in [2.24, 2.45) is 5.92 Å². The first kappa shape index (κ1) is 14.8. The third kappa shape index (κ3) is 3.71. The van der Waals surface area contributed by atoms with Crippen LogP contribution in [0.5, 0.6) is 0 Å². The maximum absolute atomic E-state index is 13.1. The number of anilines is 1. The second-order valence-electron chi connectivity index (χ2n) is 5.87. The van der Waals surface area contributed by atoms with Gasteiger partial charge in [-0.05, 0) is 43.5 Å². The van der Waals surface area contributed by atoms with Crippen LogP contribution in [0.1, 0.15) is 32.3 Å². The highest BCUT2D eigenvalue weighted by molar-refractivity contribution is 5.57. The summed E-state index contributed by atoms with van der Waals surface area (Å²) in [5.41, 5.74) is 1.10. The Kier molecular flexibility index (Phi) is 4.97. The number of nitrogens with zero attached hydrogens (tertiary/aromatic N) is 2. The minimum Gasteiger partial charge on any atom is -0.382 e. The fourth-order valence-electron chi connectivity index (χ4n) is 2.83. The van der Waals surface area contributed by atoms with Crippen LogP contribution in [0.3, 0.4) is 0 Å². The molecule has 1 atom stereocenters. The van der Waals surface area contributed by atoms with Gasteiger partial charge < -0.3 is 5.32 Å². The lowest BCUT2D eigenvalue weighted by molar-refractivity contribution is 0.234. The average molecular weight is 275 g/mol. The van der Waals surface area contributed by atoms with Gasteiger partial charge in [-0.25, -0.2) is 4.39 Å². The molecule has 20 heavy (non-hydrogen) atoms. The summed E-state index contributed by atoms with van der Waals surface area (Å²) in [6, 6.07) is 6.87. The SMILES string of the molecule is CC(C)CN1CCC[C@@H]1CNc1ccc(F)cc1C#N. The normalized spacial score (nSPS) is 19.2.